The minimum absolute atomic E-state index is 0.0378. The molecule has 3 amide bonds. The molecule has 1 aliphatic rings. The molecule has 0 fully saturated rings. The van der Waals surface area contributed by atoms with E-state index in [9.17, 15) is 14.4 Å². The number of carbonyl (C=O) groups is 3. The fourth-order valence-corrected chi connectivity index (χ4v) is 2.97. The summed E-state index contributed by atoms with van der Waals surface area (Å²) in [5.74, 6) is -0.477. The average Bonchev–Trinajstić information content (AvgIpc) is 2.60. The van der Waals surface area contributed by atoms with E-state index >= 15 is 0 Å². The third-order valence-electron chi connectivity index (χ3n) is 4.36. The molecule has 0 saturated heterocycles. The van der Waals surface area contributed by atoms with Gasteiger partial charge >= 0.3 is 0 Å². The molecule has 1 aromatic rings. The Kier molecular flexibility index (Phi) is 7.38. The van der Waals surface area contributed by atoms with Crippen LogP contribution in [0.4, 0.5) is 11.4 Å². The zero-order chi connectivity index (χ0) is 18.9. The molecule has 0 aromatic heterocycles. The normalized spacial score (nSPS) is 13.5. The number of allylic oxidation sites excluding steroid dienone is 1. The van der Waals surface area contributed by atoms with Gasteiger partial charge < -0.3 is 15.5 Å². The van der Waals surface area contributed by atoms with Crippen LogP contribution in [0, 0.1) is 0 Å². The monoisotopic (exact) mass is 357 g/mol. The lowest BCUT2D eigenvalue weighted by Gasteiger charge is -2.22. The van der Waals surface area contributed by atoms with Crippen LogP contribution in [0.25, 0.3) is 0 Å². The molecule has 0 saturated carbocycles. The molecule has 1 aromatic carbocycles. The molecule has 0 unspecified atom stereocenters. The van der Waals surface area contributed by atoms with Gasteiger partial charge in [-0.15, -0.1) is 0 Å². The molecule has 0 radical (unpaired) electrons. The van der Waals surface area contributed by atoms with Gasteiger partial charge in [-0.3, -0.25) is 14.4 Å². The lowest BCUT2D eigenvalue weighted by molar-refractivity contribution is -0.132. The minimum atomic E-state index is -0.231. The number of hydrogen-bond acceptors (Lipinski definition) is 3. The first-order chi connectivity index (χ1) is 12.4. The maximum Gasteiger partial charge on any atom is 0.243 e. The number of rotatable bonds is 7. The van der Waals surface area contributed by atoms with Gasteiger partial charge in [0.2, 0.25) is 17.7 Å². The van der Waals surface area contributed by atoms with Crippen molar-refractivity contribution in [3.05, 3.63) is 35.9 Å². The third-order valence-corrected chi connectivity index (χ3v) is 4.36. The molecular formula is C20H27N3O3. The highest BCUT2D eigenvalue weighted by atomic mass is 16.2. The predicted octanol–water partition coefficient (Wildman–Crippen LogP) is 3.32. The van der Waals surface area contributed by atoms with E-state index in [2.05, 4.69) is 16.7 Å². The van der Waals surface area contributed by atoms with Crippen LogP contribution in [0.2, 0.25) is 0 Å². The van der Waals surface area contributed by atoms with Crippen LogP contribution in [0.15, 0.2) is 35.9 Å². The van der Waals surface area contributed by atoms with E-state index in [4.69, 9.17) is 0 Å². The van der Waals surface area contributed by atoms with Crippen molar-refractivity contribution in [2.45, 2.75) is 46.0 Å². The molecule has 6 nitrogen and oxygen atoms in total. The maximum absolute atomic E-state index is 12.3. The second-order valence-corrected chi connectivity index (χ2v) is 6.61. The molecule has 140 valence electrons. The molecule has 6 heteroatoms. The Morgan fingerprint density at radius 3 is 2.19 bits per heavy atom. The van der Waals surface area contributed by atoms with E-state index in [0.29, 0.717) is 17.9 Å². The Bertz CT molecular complexity index is 680. The summed E-state index contributed by atoms with van der Waals surface area (Å²) in [5.41, 5.74) is 2.68. The lowest BCUT2D eigenvalue weighted by atomic mass is 9.97. The minimum Gasteiger partial charge on any atom is -0.333 e. The highest BCUT2D eigenvalue weighted by Crippen LogP contribution is 2.20. The number of benzene rings is 1. The molecule has 2 rings (SSSR count). The summed E-state index contributed by atoms with van der Waals surface area (Å²) < 4.78 is 0. The van der Waals surface area contributed by atoms with Crippen LogP contribution in [0.3, 0.4) is 0 Å². The van der Waals surface area contributed by atoms with Gasteiger partial charge in [-0.05, 0) is 56.4 Å². The maximum atomic E-state index is 12.3. The second-order valence-electron chi connectivity index (χ2n) is 6.61. The van der Waals surface area contributed by atoms with Crippen molar-refractivity contribution >= 4 is 29.1 Å². The lowest BCUT2D eigenvalue weighted by Crippen LogP contribution is -2.37. The van der Waals surface area contributed by atoms with Gasteiger partial charge in [-0.25, -0.2) is 0 Å². The summed E-state index contributed by atoms with van der Waals surface area (Å²) >= 11 is 0. The van der Waals surface area contributed by atoms with E-state index in [1.54, 1.807) is 29.2 Å². The third kappa shape index (κ3) is 6.70. The number of nitrogens with zero attached hydrogens (tertiary/aromatic N) is 1. The van der Waals surface area contributed by atoms with Gasteiger partial charge in [0, 0.05) is 31.8 Å². The Balaban J connectivity index is 1.85. The smallest absolute Gasteiger partial charge is 0.243 e. The highest BCUT2D eigenvalue weighted by molar-refractivity contribution is 5.95. The highest BCUT2D eigenvalue weighted by Gasteiger charge is 2.15. The summed E-state index contributed by atoms with van der Waals surface area (Å²) in [5, 5.41) is 5.46. The number of carbonyl (C=O) groups excluding carboxylic acids is 3. The summed E-state index contributed by atoms with van der Waals surface area (Å²) in [6.45, 7) is 3.53. The fourth-order valence-electron chi connectivity index (χ4n) is 2.97. The Morgan fingerprint density at radius 2 is 1.65 bits per heavy atom. The van der Waals surface area contributed by atoms with Crippen molar-refractivity contribution in [3.8, 4) is 0 Å². The molecule has 1 aliphatic carbocycles. The first kappa shape index (κ1) is 19.7. The van der Waals surface area contributed by atoms with Crippen molar-refractivity contribution in [2.24, 2.45) is 0 Å². The van der Waals surface area contributed by atoms with Gasteiger partial charge in [0.1, 0.15) is 0 Å². The van der Waals surface area contributed by atoms with Gasteiger partial charge in [0.05, 0.1) is 6.54 Å². The summed E-state index contributed by atoms with van der Waals surface area (Å²) in [4.78, 5) is 36.7. The van der Waals surface area contributed by atoms with Gasteiger partial charge in [-0.2, -0.15) is 0 Å². The van der Waals surface area contributed by atoms with Crippen LogP contribution in [0.1, 0.15) is 46.0 Å². The Morgan fingerprint density at radius 1 is 1.00 bits per heavy atom. The topological polar surface area (TPSA) is 78.5 Å². The summed E-state index contributed by atoms with van der Waals surface area (Å²) in [6, 6.07) is 6.87. The molecule has 0 atom stereocenters. The molecule has 0 aliphatic heterocycles. The zero-order valence-corrected chi connectivity index (χ0v) is 15.5. The van der Waals surface area contributed by atoms with E-state index in [1.165, 1.54) is 32.3 Å². The van der Waals surface area contributed by atoms with Crippen LogP contribution in [-0.4, -0.2) is 35.7 Å². The first-order valence-electron chi connectivity index (χ1n) is 9.05. The van der Waals surface area contributed by atoms with Crippen LogP contribution < -0.4 is 10.6 Å². The van der Waals surface area contributed by atoms with Crippen LogP contribution >= 0.6 is 0 Å². The number of anilines is 2. The van der Waals surface area contributed by atoms with Crippen molar-refractivity contribution in [2.75, 3.05) is 23.7 Å². The predicted molar refractivity (Wildman–Crippen MR) is 103 cm³/mol. The number of amides is 3. The largest absolute Gasteiger partial charge is 0.333 e. The molecular weight excluding hydrogens is 330 g/mol. The van der Waals surface area contributed by atoms with Crippen LogP contribution in [-0.2, 0) is 14.4 Å². The molecule has 2 N–H and O–H groups in total. The van der Waals surface area contributed by atoms with Crippen molar-refractivity contribution in [1.82, 2.24) is 4.90 Å². The van der Waals surface area contributed by atoms with Gasteiger partial charge in [-0.1, -0.05) is 11.6 Å². The quantitative estimate of drug-likeness (QED) is 0.735. The zero-order valence-electron chi connectivity index (χ0n) is 15.5. The standard InChI is InChI=1S/C20H27N3O3/c1-15(24)21-18-8-10-19(11-9-18)22-20(26)14-23(16(2)25)13-12-17-6-4-3-5-7-17/h6,8-11H,3-5,7,12-14H2,1-2H3,(H,21,24)(H,22,26). The molecule has 0 heterocycles. The van der Waals surface area contributed by atoms with E-state index < -0.39 is 0 Å². The summed E-state index contributed by atoms with van der Waals surface area (Å²) in [7, 11) is 0. The van der Waals surface area contributed by atoms with Crippen LogP contribution in [0.5, 0.6) is 0 Å². The Labute approximate surface area is 154 Å². The van der Waals surface area contributed by atoms with E-state index in [1.807, 2.05) is 0 Å². The van der Waals surface area contributed by atoms with Crippen molar-refractivity contribution in [3.63, 3.8) is 0 Å². The summed E-state index contributed by atoms with van der Waals surface area (Å²) in [6.07, 6.45) is 7.75. The number of hydrogen-bond donors (Lipinski definition) is 2. The number of nitrogens with one attached hydrogen (secondary N) is 2. The van der Waals surface area contributed by atoms with E-state index in [0.717, 1.165) is 19.3 Å². The Hall–Kier alpha value is -2.63. The first-order valence-corrected chi connectivity index (χ1v) is 9.05. The fraction of sp³-hybridized carbons (Fsp3) is 0.450. The van der Waals surface area contributed by atoms with Crippen molar-refractivity contribution < 1.29 is 14.4 Å². The molecule has 26 heavy (non-hydrogen) atoms. The molecule has 0 spiro atoms. The van der Waals surface area contributed by atoms with Gasteiger partial charge in [0.15, 0.2) is 0 Å². The SMILES string of the molecule is CC(=O)Nc1ccc(NC(=O)CN(CCC2=CCCCC2)C(C)=O)cc1. The average molecular weight is 357 g/mol. The van der Waals surface area contributed by atoms with Gasteiger partial charge in [0.25, 0.3) is 0 Å². The van der Waals surface area contributed by atoms with E-state index in [-0.39, 0.29) is 24.3 Å². The second kappa shape index (κ2) is 9.75. The molecule has 0 bridgehead atoms. The van der Waals surface area contributed by atoms with Crippen molar-refractivity contribution in [1.29, 1.82) is 0 Å².